The molecule has 0 aliphatic carbocycles. The van der Waals surface area contributed by atoms with Gasteiger partial charge in [0.15, 0.2) is 0 Å². The number of nitrogens with zero attached hydrogens (tertiary/aromatic N) is 2. The van der Waals surface area contributed by atoms with Crippen molar-refractivity contribution in [1.29, 1.82) is 0 Å². The molecule has 1 aromatic carbocycles. The number of anilines is 1. The fraction of sp³-hybridized carbons (Fsp3) is 0.227. The Balaban J connectivity index is 1.45. The zero-order valence-corrected chi connectivity index (χ0v) is 17.4. The number of aryl methyl sites for hydroxylation is 1. The summed E-state index contributed by atoms with van der Waals surface area (Å²) in [6.45, 7) is 2.37. The van der Waals surface area contributed by atoms with Gasteiger partial charge < -0.3 is 14.6 Å². The van der Waals surface area contributed by atoms with E-state index in [9.17, 15) is 9.59 Å². The van der Waals surface area contributed by atoms with Gasteiger partial charge in [0.25, 0.3) is 0 Å². The Hall–Kier alpha value is -3.16. The number of fused-ring (bicyclic) bond motifs is 2. The Bertz CT molecular complexity index is 1150. The summed E-state index contributed by atoms with van der Waals surface area (Å²) in [5.74, 6) is 0.919. The lowest BCUT2D eigenvalue weighted by molar-refractivity contribution is -0.125. The van der Waals surface area contributed by atoms with E-state index in [-0.39, 0.29) is 11.8 Å². The van der Waals surface area contributed by atoms with Crippen LogP contribution < -0.4 is 10.2 Å². The van der Waals surface area contributed by atoms with E-state index in [4.69, 9.17) is 16.2 Å². The van der Waals surface area contributed by atoms with E-state index in [0.29, 0.717) is 18.8 Å². The van der Waals surface area contributed by atoms with Gasteiger partial charge in [0.05, 0.1) is 6.54 Å². The molecule has 0 saturated carbocycles. The predicted molar refractivity (Wildman–Crippen MR) is 116 cm³/mol. The molecule has 2 amide bonds. The summed E-state index contributed by atoms with van der Waals surface area (Å²) in [4.78, 5) is 32.7. The zero-order chi connectivity index (χ0) is 21.3. The van der Waals surface area contributed by atoms with Gasteiger partial charge in [-0.3, -0.25) is 9.59 Å². The van der Waals surface area contributed by atoms with Crippen LogP contribution in [0.25, 0.3) is 17.0 Å². The van der Waals surface area contributed by atoms with Gasteiger partial charge in [0.2, 0.25) is 11.8 Å². The second-order valence-electron chi connectivity index (χ2n) is 7.31. The van der Waals surface area contributed by atoms with Crippen molar-refractivity contribution in [3.05, 3.63) is 65.1 Å². The van der Waals surface area contributed by atoms with Crippen LogP contribution in [0.1, 0.15) is 22.5 Å². The number of likely N-dealkylation sites (N-methyl/N-ethyl adjacent to an activating group) is 1. The van der Waals surface area contributed by atoms with Crippen LogP contribution in [0.5, 0.6) is 0 Å². The highest BCUT2D eigenvalue weighted by Gasteiger charge is 2.26. The molecule has 0 radical (unpaired) electrons. The van der Waals surface area contributed by atoms with Gasteiger partial charge in [-0.15, -0.1) is 0 Å². The maximum atomic E-state index is 12.6. The Morgan fingerprint density at radius 1 is 1.43 bits per heavy atom. The van der Waals surface area contributed by atoms with Gasteiger partial charge in [0.1, 0.15) is 23.2 Å². The SMILES string of the molecule is Cc1c(CN(C)C(=O)/C=C/c2cnc3c(c2)CC(NCl)C(=O)N3)oc2ccccc12. The summed E-state index contributed by atoms with van der Waals surface area (Å²) in [5, 5.41) is 3.76. The molecular weight excluding hydrogens is 404 g/mol. The number of hydrogen-bond donors (Lipinski definition) is 2. The number of hydrogen-bond acceptors (Lipinski definition) is 5. The maximum Gasteiger partial charge on any atom is 0.246 e. The first-order valence-corrected chi connectivity index (χ1v) is 9.90. The zero-order valence-electron chi connectivity index (χ0n) is 16.6. The summed E-state index contributed by atoms with van der Waals surface area (Å²) >= 11 is 5.62. The summed E-state index contributed by atoms with van der Waals surface area (Å²) in [5.41, 5.74) is 3.48. The van der Waals surface area contributed by atoms with E-state index >= 15 is 0 Å². The van der Waals surface area contributed by atoms with Crippen LogP contribution in [0.15, 0.2) is 47.0 Å². The Kier molecular flexibility index (Phi) is 5.57. The highest BCUT2D eigenvalue weighted by Crippen LogP contribution is 2.26. The molecule has 3 aromatic rings. The molecule has 1 aliphatic heterocycles. The largest absolute Gasteiger partial charge is 0.459 e. The molecule has 7 nitrogen and oxygen atoms in total. The third-order valence-corrected chi connectivity index (χ3v) is 5.48. The van der Waals surface area contributed by atoms with Crippen LogP contribution in [-0.2, 0) is 22.6 Å². The third kappa shape index (κ3) is 3.94. The van der Waals surface area contributed by atoms with Gasteiger partial charge in [-0.1, -0.05) is 18.2 Å². The maximum absolute atomic E-state index is 12.6. The first kappa shape index (κ1) is 20.1. The molecule has 1 unspecified atom stereocenters. The lowest BCUT2D eigenvalue weighted by Gasteiger charge is -2.22. The number of amides is 2. The van der Waals surface area contributed by atoms with Crippen molar-refractivity contribution in [3.63, 3.8) is 0 Å². The number of furan rings is 1. The number of nitrogens with one attached hydrogen (secondary N) is 2. The molecule has 3 heterocycles. The standard InChI is InChI=1S/C22H21ClN4O3/c1-13-16-5-3-4-6-18(16)30-19(13)12-27(2)20(28)8-7-14-9-15-10-17(26-23)22(29)25-21(15)24-11-14/h3-9,11,17,26H,10,12H2,1-2H3,(H,24,25,29)/b8-7+. The molecule has 8 heteroatoms. The van der Waals surface area contributed by atoms with Gasteiger partial charge in [0, 0.05) is 36.7 Å². The van der Waals surface area contributed by atoms with Gasteiger partial charge >= 0.3 is 0 Å². The Morgan fingerprint density at radius 2 is 2.23 bits per heavy atom. The van der Waals surface area contributed by atoms with Crippen molar-refractivity contribution in [1.82, 2.24) is 14.7 Å². The normalized spacial score (nSPS) is 16.0. The summed E-state index contributed by atoms with van der Waals surface area (Å²) in [6, 6.07) is 9.20. The number of benzene rings is 1. The van der Waals surface area contributed by atoms with Gasteiger partial charge in [-0.25, -0.2) is 9.82 Å². The van der Waals surface area contributed by atoms with E-state index in [1.165, 1.54) is 6.08 Å². The van der Waals surface area contributed by atoms with Crippen LogP contribution in [0.3, 0.4) is 0 Å². The number of halogens is 1. The van der Waals surface area contributed by atoms with Crippen molar-refractivity contribution in [2.24, 2.45) is 0 Å². The van der Waals surface area contributed by atoms with Crippen molar-refractivity contribution < 1.29 is 14.0 Å². The molecule has 2 aromatic heterocycles. The highest BCUT2D eigenvalue weighted by atomic mass is 35.5. The molecule has 0 spiro atoms. The molecule has 154 valence electrons. The quantitative estimate of drug-likeness (QED) is 0.484. The fourth-order valence-corrected chi connectivity index (χ4v) is 3.63. The van der Waals surface area contributed by atoms with Gasteiger partial charge in [-0.05, 0) is 48.0 Å². The number of carbonyl (C=O) groups is 2. The van der Waals surface area contributed by atoms with Crippen LogP contribution in [0, 0.1) is 6.92 Å². The predicted octanol–water partition coefficient (Wildman–Crippen LogP) is 3.41. The van der Waals surface area contributed by atoms with E-state index in [1.54, 1.807) is 24.2 Å². The van der Waals surface area contributed by atoms with Crippen molar-refractivity contribution in [2.45, 2.75) is 25.9 Å². The fourth-order valence-electron chi connectivity index (χ4n) is 3.46. The third-order valence-electron chi connectivity index (χ3n) is 5.22. The Labute approximate surface area is 178 Å². The summed E-state index contributed by atoms with van der Waals surface area (Å²) in [7, 11) is 1.73. The van der Waals surface area contributed by atoms with Crippen LogP contribution in [0.4, 0.5) is 5.82 Å². The molecule has 0 fully saturated rings. The second kappa shape index (κ2) is 8.30. The average molecular weight is 425 g/mol. The monoisotopic (exact) mass is 424 g/mol. The lowest BCUT2D eigenvalue weighted by Crippen LogP contribution is -2.41. The summed E-state index contributed by atoms with van der Waals surface area (Å²) in [6.07, 6.45) is 5.25. The Morgan fingerprint density at radius 3 is 3.00 bits per heavy atom. The minimum Gasteiger partial charge on any atom is -0.459 e. The first-order valence-electron chi connectivity index (χ1n) is 9.52. The van der Waals surface area contributed by atoms with E-state index in [0.717, 1.165) is 33.4 Å². The molecule has 0 saturated heterocycles. The molecule has 1 aliphatic rings. The molecule has 0 bridgehead atoms. The van der Waals surface area contributed by atoms with Crippen molar-refractivity contribution >= 4 is 46.5 Å². The number of carbonyl (C=O) groups excluding carboxylic acids is 2. The molecule has 4 rings (SSSR count). The lowest BCUT2D eigenvalue weighted by atomic mass is 10.0. The van der Waals surface area contributed by atoms with Gasteiger partial charge in [-0.2, -0.15) is 0 Å². The highest BCUT2D eigenvalue weighted by molar-refractivity contribution is 6.16. The van der Waals surface area contributed by atoms with E-state index in [2.05, 4.69) is 15.1 Å². The molecule has 30 heavy (non-hydrogen) atoms. The van der Waals surface area contributed by atoms with E-state index < -0.39 is 6.04 Å². The first-order chi connectivity index (χ1) is 14.5. The van der Waals surface area contributed by atoms with Crippen LogP contribution in [0.2, 0.25) is 0 Å². The average Bonchev–Trinajstić information content (AvgIpc) is 3.07. The molecular formula is C22H21ClN4O3. The second-order valence-corrected chi connectivity index (χ2v) is 7.52. The number of rotatable bonds is 5. The molecule has 1 atom stereocenters. The number of pyridine rings is 1. The molecule has 2 N–H and O–H groups in total. The number of aromatic nitrogens is 1. The summed E-state index contributed by atoms with van der Waals surface area (Å²) < 4.78 is 5.89. The van der Waals surface area contributed by atoms with E-state index in [1.807, 2.05) is 37.3 Å². The smallest absolute Gasteiger partial charge is 0.246 e. The topological polar surface area (TPSA) is 87.5 Å². The minimum atomic E-state index is -0.514. The van der Waals surface area contributed by atoms with Crippen LogP contribution in [-0.4, -0.2) is 34.8 Å². The number of para-hydroxylation sites is 1. The van der Waals surface area contributed by atoms with Crippen LogP contribution >= 0.6 is 11.8 Å². The van der Waals surface area contributed by atoms with Crippen molar-refractivity contribution in [3.8, 4) is 0 Å². The minimum absolute atomic E-state index is 0.152. The van der Waals surface area contributed by atoms with Crippen molar-refractivity contribution in [2.75, 3.05) is 12.4 Å².